The number of nitrogens with two attached hydrogens (primary N) is 1. The van der Waals surface area contributed by atoms with Gasteiger partial charge in [0.2, 0.25) is 0 Å². The highest BCUT2D eigenvalue weighted by Gasteiger charge is 2.50. The van der Waals surface area contributed by atoms with Gasteiger partial charge in [0.1, 0.15) is 0 Å². The number of rotatable bonds is 4. The Bertz CT molecular complexity index is 207. The summed E-state index contributed by atoms with van der Waals surface area (Å²) in [5.41, 5.74) is 5.87. The first-order valence-corrected chi connectivity index (χ1v) is 4.87. The van der Waals surface area contributed by atoms with Crippen LogP contribution in [-0.2, 0) is 4.79 Å². The number of carboxylic acids is 1. The number of hydrogen-bond donors (Lipinski definition) is 2. The van der Waals surface area contributed by atoms with Crippen molar-refractivity contribution in [3.8, 4) is 0 Å². The van der Waals surface area contributed by atoms with Crippen LogP contribution in [-0.4, -0.2) is 17.6 Å². The van der Waals surface area contributed by atoms with Gasteiger partial charge in [-0.25, -0.2) is 0 Å². The molecule has 3 heteroatoms. The van der Waals surface area contributed by atoms with Gasteiger partial charge in [0.05, 0.1) is 6.42 Å². The molecule has 0 unspecified atom stereocenters. The molecule has 0 atom stereocenters. The van der Waals surface area contributed by atoms with Crippen LogP contribution < -0.4 is 5.73 Å². The van der Waals surface area contributed by atoms with Crippen molar-refractivity contribution in [3.05, 3.63) is 0 Å². The van der Waals surface area contributed by atoms with Crippen molar-refractivity contribution >= 4 is 5.97 Å². The smallest absolute Gasteiger partial charge is 0.303 e. The number of aliphatic carboxylic acids is 1. The molecule has 0 radical (unpaired) electrons. The normalized spacial score (nSPS) is 38.4. The molecule has 1 aliphatic carbocycles. The largest absolute Gasteiger partial charge is 0.481 e. The Morgan fingerprint density at radius 1 is 1.54 bits per heavy atom. The fraction of sp³-hybridized carbons (Fsp3) is 0.900. The molecule has 1 aliphatic rings. The van der Waals surface area contributed by atoms with E-state index in [2.05, 4.69) is 13.8 Å². The second kappa shape index (κ2) is 3.29. The maximum atomic E-state index is 10.6. The van der Waals surface area contributed by atoms with Crippen molar-refractivity contribution in [2.75, 3.05) is 6.54 Å². The van der Waals surface area contributed by atoms with E-state index in [-0.39, 0.29) is 11.8 Å². The molecule has 0 aromatic rings. The molecule has 13 heavy (non-hydrogen) atoms. The average molecular weight is 185 g/mol. The van der Waals surface area contributed by atoms with Crippen LogP contribution in [0.3, 0.4) is 0 Å². The molecule has 0 aromatic heterocycles. The van der Waals surface area contributed by atoms with Gasteiger partial charge in [-0.1, -0.05) is 20.3 Å². The molecule has 0 spiro atoms. The Balaban J connectivity index is 2.54. The zero-order chi connectivity index (χ0) is 10.1. The van der Waals surface area contributed by atoms with Crippen LogP contribution in [0, 0.1) is 10.8 Å². The van der Waals surface area contributed by atoms with E-state index in [0.29, 0.717) is 12.0 Å². The minimum Gasteiger partial charge on any atom is -0.481 e. The van der Waals surface area contributed by atoms with Crippen LogP contribution >= 0.6 is 0 Å². The van der Waals surface area contributed by atoms with Gasteiger partial charge in [0.25, 0.3) is 0 Å². The molecule has 1 rings (SSSR count). The first kappa shape index (κ1) is 10.5. The molecular formula is C10H19NO2. The van der Waals surface area contributed by atoms with Gasteiger partial charge in [0.15, 0.2) is 0 Å². The summed E-state index contributed by atoms with van der Waals surface area (Å²) in [6, 6.07) is 0. The highest BCUT2D eigenvalue weighted by atomic mass is 16.4. The molecule has 0 bridgehead atoms. The van der Waals surface area contributed by atoms with Crippen LogP contribution in [0.4, 0.5) is 0 Å². The number of carbonyl (C=O) groups is 1. The second-order valence-corrected chi connectivity index (χ2v) is 4.79. The quantitative estimate of drug-likeness (QED) is 0.699. The molecule has 0 saturated heterocycles. The van der Waals surface area contributed by atoms with Crippen LogP contribution in [0.25, 0.3) is 0 Å². The van der Waals surface area contributed by atoms with Gasteiger partial charge in [-0.3, -0.25) is 4.79 Å². The molecule has 0 amide bonds. The van der Waals surface area contributed by atoms with Gasteiger partial charge < -0.3 is 10.8 Å². The first-order chi connectivity index (χ1) is 5.95. The summed E-state index contributed by atoms with van der Waals surface area (Å²) in [5.74, 6) is -0.719. The van der Waals surface area contributed by atoms with E-state index in [1.165, 1.54) is 0 Å². The Morgan fingerprint density at radius 2 is 2.08 bits per heavy atom. The van der Waals surface area contributed by atoms with Crippen LogP contribution in [0.5, 0.6) is 0 Å². The van der Waals surface area contributed by atoms with Gasteiger partial charge in [0, 0.05) is 0 Å². The van der Waals surface area contributed by atoms with Crippen LogP contribution in [0.2, 0.25) is 0 Å². The number of hydrogen-bond acceptors (Lipinski definition) is 2. The Morgan fingerprint density at radius 3 is 2.38 bits per heavy atom. The zero-order valence-electron chi connectivity index (χ0n) is 8.47. The minimum absolute atomic E-state index is 0.101. The van der Waals surface area contributed by atoms with Gasteiger partial charge in [-0.05, 0) is 30.2 Å². The maximum absolute atomic E-state index is 10.6. The summed E-state index contributed by atoms with van der Waals surface area (Å²) >= 11 is 0. The summed E-state index contributed by atoms with van der Waals surface area (Å²) in [4.78, 5) is 10.6. The molecule has 1 fully saturated rings. The van der Waals surface area contributed by atoms with E-state index in [1.54, 1.807) is 0 Å². The van der Waals surface area contributed by atoms with Gasteiger partial charge in [-0.2, -0.15) is 0 Å². The standard InChI is InChI=1S/C10H19NO2/c1-3-9(2)5-10(6-9,7-11)4-8(12)13/h3-7,11H2,1-2H3,(H,12,13)/t9-,10-. The van der Waals surface area contributed by atoms with Crippen LogP contribution in [0.1, 0.15) is 39.5 Å². The highest BCUT2D eigenvalue weighted by Crippen LogP contribution is 2.57. The van der Waals surface area contributed by atoms with Gasteiger partial charge >= 0.3 is 5.97 Å². The highest BCUT2D eigenvalue weighted by molar-refractivity contribution is 5.68. The van der Waals surface area contributed by atoms with Crippen molar-refractivity contribution in [2.24, 2.45) is 16.6 Å². The van der Waals surface area contributed by atoms with Crippen molar-refractivity contribution < 1.29 is 9.90 Å². The predicted octanol–water partition coefficient (Wildman–Crippen LogP) is 1.62. The Kier molecular flexibility index (Phi) is 2.66. The maximum Gasteiger partial charge on any atom is 0.303 e. The van der Waals surface area contributed by atoms with Crippen molar-refractivity contribution in [2.45, 2.75) is 39.5 Å². The molecule has 0 aliphatic heterocycles. The summed E-state index contributed by atoms with van der Waals surface area (Å²) in [6.45, 7) is 4.87. The summed E-state index contributed by atoms with van der Waals surface area (Å²) < 4.78 is 0. The molecule has 0 heterocycles. The number of carboxylic acid groups (broad SMARTS) is 1. The third-order valence-electron chi connectivity index (χ3n) is 3.42. The molecular weight excluding hydrogens is 166 g/mol. The van der Waals surface area contributed by atoms with Crippen molar-refractivity contribution in [1.82, 2.24) is 0 Å². The third kappa shape index (κ3) is 2.02. The monoisotopic (exact) mass is 185 g/mol. The lowest BCUT2D eigenvalue weighted by molar-refractivity contribution is -0.144. The zero-order valence-corrected chi connectivity index (χ0v) is 8.47. The lowest BCUT2D eigenvalue weighted by Gasteiger charge is -2.54. The van der Waals surface area contributed by atoms with Crippen molar-refractivity contribution in [3.63, 3.8) is 0 Å². The first-order valence-electron chi connectivity index (χ1n) is 4.87. The summed E-state index contributed by atoms with van der Waals surface area (Å²) in [5, 5.41) is 8.73. The SMILES string of the molecule is CC[C@]1(C)C[C@](CN)(CC(=O)O)C1. The Hall–Kier alpha value is -0.570. The predicted molar refractivity (Wildman–Crippen MR) is 51.4 cm³/mol. The minimum atomic E-state index is -0.719. The third-order valence-corrected chi connectivity index (χ3v) is 3.42. The summed E-state index contributed by atoms with van der Waals surface area (Å²) in [7, 11) is 0. The molecule has 76 valence electrons. The van der Waals surface area contributed by atoms with E-state index in [9.17, 15) is 4.79 Å². The fourth-order valence-electron chi connectivity index (χ4n) is 2.67. The van der Waals surface area contributed by atoms with E-state index in [0.717, 1.165) is 19.3 Å². The van der Waals surface area contributed by atoms with Crippen molar-refractivity contribution in [1.29, 1.82) is 0 Å². The van der Waals surface area contributed by atoms with E-state index in [1.807, 2.05) is 0 Å². The second-order valence-electron chi connectivity index (χ2n) is 4.79. The van der Waals surface area contributed by atoms with E-state index >= 15 is 0 Å². The van der Waals surface area contributed by atoms with Crippen LogP contribution in [0.15, 0.2) is 0 Å². The van der Waals surface area contributed by atoms with E-state index < -0.39 is 5.97 Å². The molecule has 0 aromatic carbocycles. The summed E-state index contributed by atoms with van der Waals surface area (Å²) in [6.07, 6.45) is 3.30. The Labute approximate surface area is 79.3 Å². The van der Waals surface area contributed by atoms with Gasteiger partial charge in [-0.15, -0.1) is 0 Å². The topological polar surface area (TPSA) is 63.3 Å². The lowest BCUT2D eigenvalue weighted by Crippen LogP contribution is -2.50. The van der Waals surface area contributed by atoms with E-state index in [4.69, 9.17) is 10.8 Å². The molecule has 1 saturated carbocycles. The molecule has 3 N–H and O–H groups in total. The average Bonchev–Trinajstić information content (AvgIpc) is 2.00. The lowest BCUT2D eigenvalue weighted by atomic mass is 9.51. The fourth-order valence-corrected chi connectivity index (χ4v) is 2.67. The molecule has 3 nitrogen and oxygen atoms in total.